The lowest BCUT2D eigenvalue weighted by Gasteiger charge is -2.24. The van der Waals surface area contributed by atoms with Crippen molar-refractivity contribution < 1.29 is 14.3 Å². The molecule has 0 saturated carbocycles. The van der Waals surface area contributed by atoms with Crippen molar-refractivity contribution in [3.05, 3.63) is 70.0 Å². The molecule has 1 atom stereocenters. The summed E-state index contributed by atoms with van der Waals surface area (Å²) in [5, 5.41) is 8.45. The molecule has 0 saturated heterocycles. The summed E-state index contributed by atoms with van der Waals surface area (Å²) >= 11 is 0. The highest BCUT2D eigenvalue weighted by molar-refractivity contribution is 6.04. The van der Waals surface area contributed by atoms with E-state index >= 15 is 0 Å². The third kappa shape index (κ3) is 4.31. The first kappa shape index (κ1) is 21.1. The second kappa shape index (κ2) is 8.93. The normalized spacial score (nSPS) is 14.8. The van der Waals surface area contributed by atoms with Gasteiger partial charge >= 0.3 is 0 Å². The molecule has 0 unspecified atom stereocenters. The highest BCUT2D eigenvalue weighted by Crippen LogP contribution is 2.30. The van der Waals surface area contributed by atoms with Gasteiger partial charge in [-0.15, -0.1) is 0 Å². The lowest BCUT2D eigenvalue weighted by atomic mass is 9.92. The van der Waals surface area contributed by atoms with Crippen LogP contribution in [0.15, 0.2) is 53.3 Å². The molecule has 0 radical (unpaired) electrons. The smallest absolute Gasteiger partial charge is 0.258 e. The summed E-state index contributed by atoms with van der Waals surface area (Å²) in [5.41, 5.74) is 1.94. The second-order valence-electron chi connectivity index (χ2n) is 7.34. The molecule has 0 bridgehead atoms. The summed E-state index contributed by atoms with van der Waals surface area (Å²) in [5.74, 6) is -0.843. The number of nitrogens with zero attached hydrogens (tertiary/aromatic N) is 1. The molecule has 1 aliphatic heterocycles. The highest BCUT2D eigenvalue weighted by atomic mass is 16.5. The lowest BCUT2D eigenvalue weighted by molar-refractivity contribution is -0.123. The molecule has 0 fully saturated rings. The van der Waals surface area contributed by atoms with E-state index < -0.39 is 17.4 Å². The Bertz CT molecular complexity index is 1220. The predicted octanol–water partition coefficient (Wildman–Crippen LogP) is 3.15. The van der Waals surface area contributed by atoms with Gasteiger partial charge in [0, 0.05) is 17.8 Å². The fourth-order valence-electron chi connectivity index (χ4n) is 3.64. The number of carbonyl (C=O) groups excluding carboxylic acids is 2. The average molecular weight is 433 g/mol. The average Bonchev–Trinajstić information content (AvgIpc) is 2.79. The first-order valence-electron chi connectivity index (χ1n) is 10.2. The van der Waals surface area contributed by atoms with E-state index in [1.165, 1.54) is 0 Å². The molecule has 32 heavy (non-hydrogen) atoms. The molecular weight excluding hydrogens is 410 g/mol. The molecule has 1 aliphatic rings. The first-order valence-corrected chi connectivity index (χ1v) is 10.2. The van der Waals surface area contributed by atoms with Crippen LogP contribution >= 0.6 is 0 Å². The number of carbonyl (C=O) groups is 2. The predicted molar refractivity (Wildman–Crippen MR) is 122 cm³/mol. The van der Waals surface area contributed by atoms with Gasteiger partial charge in [-0.05, 0) is 42.3 Å². The maximum atomic E-state index is 13.0. The van der Waals surface area contributed by atoms with E-state index in [1.807, 2.05) is 25.1 Å². The number of hydrogen-bond donors (Lipinski definition) is 4. The van der Waals surface area contributed by atoms with Crippen molar-refractivity contribution in [2.45, 2.75) is 25.7 Å². The molecular formula is C23H23N5O4. The number of ether oxygens (including phenoxy) is 1. The molecule has 1 aromatic heterocycles. The number of anilines is 4. The number of aromatic nitrogens is 2. The van der Waals surface area contributed by atoms with Crippen LogP contribution in [0.25, 0.3) is 0 Å². The van der Waals surface area contributed by atoms with E-state index in [-0.39, 0.29) is 29.7 Å². The molecule has 3 aromatic rings. The molecule has 4 rings (SSSR count). The number of hydrogen-bond acceptors (Lipinski definition) is 6. The summed E-state index contributed by atoms with van der Waals surface area (Å²) in [7, 11) is 1.57. The molecule has 4 N–H and O–H groups in total. The number of H-pyrrole nitrogens is 1. The molecule has 164 valence electrons. The minimum absolute atomic E-state index is 0.0740. The Balaban J connectivity index is 1.62. The molecule has 2 amide bonds. The SMILES string of the molecule is CCc1ccccc1NC(=O)[C@@H]1CC(=O)Nc2nc(Nc3ccc(OC)cc3)[nH]c(=O)c21. The zero-order valence-corrected chi connectivity index (χ0v) is 17.7. The van der Waals surface area contributed by atoms with Crippen molar-refractivity contribution in [3.63, 3.8) is 0 Å². The van der Waals surface area contributed by atoms with E-state index in [1.54, 1.807) is 37.4 Å². The Hall–Kier alpha value is -4.14. The fourth-order valence-corrected chi connectivity index (χ4v) is 3.64. The van der Waals surface area contributed by atoms with E-state index in [9.17, 15) is 14.4 Å². The Morgan fingerprint density at radius 1 is 1.16 bits per heavy atom. The number of rotatable bonds is 6. The van der Waals surface area contributed by atoms with Crippen LogP contribution in [-0.2, 0) is 16.0 Å². The molecule has 2 aromatic carbocycles. The van der Waals surface area contributed by atoms with Crippen molar-refractivity contribution in [2.75, 3.05) is 23.1 Å². The first-order chi connectivity index (χ1) is 15.5. The van der Waals surface area contributed by atoms with Gasteiger partial charge in [-0.3, -0.25) is 19.4 Å². The number of para-hydroxylation sites is 1. The van der Waals surface area contributed by atoms with Crippen LogP contribution in [0.5, 0.6) is 5.75 Å². The van der Waals surface area contributed by atoms with E-state index in [0.29, 0.717) is 17.1 Å². The summed E-state index contributed by atoms with van der Waals surface area (Å²) in [6.45, 7) is 1.99. The Kier molecular flexibility index (Phi) is 5.89. The van der Waals surface area contributed by atoms with Crippen molar-refractivity contribution >= 4 is 35.0 Å². The van der Waals surface area contributed by atoms with Crippen molar-refractivity contribution in [1.29, 1.82) is 0 Å². The highest BCUT2D eigenvalue weighted by Gasteiger charge is 2.35. The van der Waals surface area contributed by atoms with Gasteiger partial charge in [0.15, 0.2) is 0 Å². The van der Waals surface area contributed by atoms with Crippen molar-refractivity contribution in [2.24, 2.45) is 0 Å². The number of benzene rings is 2. The fraction of sp³-hybridized carbons (Fsp3) is 0.217. The summed E-state index contributed by atoms with van der Waals surface area (Å²) in [6, 6.07) is 14.5. The molecule has 9 nitrogen and oxygen atoms in total. The molecule has 0 aliphatic carbocycles. The number of amides is 2. The molecule has 0 spiro atoms. The number of fused-ring (bicyclic) bond motifs is 1. The molecule has 9 heteroatoms. The van der Waals surface area contributed by atoms with Gasteiger partial charge in [0.05, 0.1) is 18.6 Å². The topological polar surface area (TPSA) is 125 Å². The van der Waals surface area contributed by atoms with Crippen LogP contribution in [-0.4, -0.2) is 28.9 Å². The maximum absolute atomic E-state index is 13.0. The third-order valence-electron chi connectivity index (χ3n) is 5.28. The molecule has 2 heterocycles. The number of methoxy groups -OCH3 is 1. The van der Waals surface area contributed by atoms with Crippen LogP contribution in [0.3, 0.4) is 0 Å². The summed E-state index contributed by atoms with van der Waals surface area (Å²) in [6.07, 6.45) is 0.601. The number of nitrogens with one attached hydrogen (secondary N) is 4. The van der Waals surface area contributed by atoms with E-state index in [2.05, 4.69) is 25.9 Å². The number of aromatic amines is 1. The Morgan fingerprint density at radius 2 is 1.91 bits per heavy atom. The standard InChI is InChI=1S/C23H23N5O4/c1-3-13-6-4-5-7-17(13)25-21(30)16-12-18(29)26-20-19(16)22(31)28-23(27-20)24-14-8-10-15(32-2)11-9-14/h4-11,16H,3,12H2,1-2H3,(H,25,30)(H3,24,26,27,28,29,31)/t16-/m1/s1. The van der Waals surface area contributed by atoms with Crippen molar-refractivity contribution in [1.82, 2.24) is 9.97 Å². The third-order valence-corrected chi connectivity index (χ3v) is 5.28. The van der Waals surface area contributed by atoms with Gasteiger partial charge in [-0.1, -0.05) is 25.1 Å². The van der Waals surface area contributed by atoms with Gasteiger partial charge in [0.1, 0.15) is 11.6 Å². The van der Waals surface area contributed by atoms with E-state index in [4.69, 9.17) is 4.74 Å². The number of aryl methyl sites for hydroxylation is 1. The van der Waals surface area contributed by atoms with Crippen LogP contribution < -0.4 is 26.2 Å². The monoisotopic (exact) mass is 433 g/mol. The van der Waals surface area contributed by atoms with Crippen LogP contribution in [0.2, 0.25) is 0 Å². The Morgan fingerprint density at radius 3 is 2.62 bits per heavy atom. The van der Waals surface area contributed by atoms with Gasteiger partial charge in [-0.25, -0.2) is 0 Å². The minimum Gasteiger partial charge on any atom is -0.497 e. The van der Waals surface area contributed by atoms with Gasteiger partial charge < -0.3 is 20.7 Å². The van der Waals surface area contributed by atoms with Crippen LogP contribution in [0.4, 0.5) is 23.1 Å². The maximum Gasteiger partial charge on any atom is 0.258 e. The zero-order valence-electron chi connectivity index (χ0n) is 17.7. The lowest BCUT2D eigenvalue weighted by Crippen LogP contribution is -2.36. The van der Waals surface area contributed by atoms with Crippen LogP contribution in [0, 0.1) is 0 Å². The van der Waals surface area contributed by atoms with Crippen molar-refractivity contribution in [3.8, 4) is 5.75 Å². The second-order valence-corrected chi connectivity index (χ2v) is 7.34. The quantitative estimate of drug-likeness (QED) is 0.473. The summed E-state index contributed by atoms with van der Waals surface area (Å²) < 4.78 is 5.13. The zero-order chi connectivity index (χ0) is 22.7. The summed E-state index contributed by atoms with van der Waals surface area (Å²) in [4.78, 5) is 45.2. The van der Waals surface area contributed by atoms with Crippen LogP contribution in [0.1, 0.15) is 30.4 Å². The largest absolute Gasteiger partial charge is 0.497 e. The minimum atomic E-state index is -0.949. The van der Waals surface area contributed by atoms with Gasteiger partial charge in [-0.2, -0.15) is 4.98 Å². The Labute approximate surface area is 184 Å². The van der Waals surface area contributed by atoms with E-state index in [0.717, 1.165) is 12.0 Å². The van der Waals surface area contributed by atoms with Gasteiger partial charge in [0.25, 0.3) is 5.56 Å². The van der Waals surface area contributed by atoms with Gasteiger partial charge in [0.2, 0.25) is 17.8 Å².